The van der Waals surface area contributed by atoms with E-state index in [4.69, 9.17) is 0 Å². The van der Waals surface area contributed by atoms with Crippen LogP contribution in [-0.4, -0.2) is 29.0 Å². The number of aryl methyl sites for hydroxylation is 1. The molecule has 0 amide bonds. The lowest BCUT2D eigenvalue weighted by Gasteiger charge is -2.31. The largest absolute Gasteiger partial charge is 0.317 e. The van der Waals surface area contributed by atoms with Crippen molar-refractivity contribution in [2.24, 2.45) is 0 Å². The van der Waals surface area contributed by atoms with Gasteiger partial charge in [-0.05, 0) is 74.7 Å². The molecule has 1 N–H and O–H groups in total. The predicted octanol–water partition coefficient (Wildman–Crippen LogP) is 4.10. The highest BCUT2D eigenvalue weighted by atomic mass is 35.5. The average molecular weight is 364 g/mol. The van der Waals surface area contributed by atoms with E-state index in [1.807, 2.05) is 24.4 Å². The molecule has 1 saturated heterocycles. The Morgan fingerprint density at radius 1 is 1.16 bits per heavy atom. The number of aromatic nitrogens is 1. The fraction of sp³-hybridized carbons (Fsp3) is 0.450. The maximum atomic E-state index is 13.7. The molecule has 0 aliphatic carbocycles. The van der Waals surface area contributed by atoms with Crippen molar-refractivity contribution in [3.05, 3.63) is 65.2 Å². The average Bonchev–Trinajstić information content (AvgIpc) is 2.88. The molecule has 0 radical (unpaired) electrons. The van der Waals surface area contributed by atoms with Crippen molar-refractivity contribution in [3.63, 3.8) is 0 Å². The fourth-order valence-corrected chi connectivity index (χ4v) is 3.41. The second kappa shape index (κ2) is 9.85. The van der Waals surface area contributed by atoms with E-state index in [-0.39, 0.29) is 18.2 Å². The molecule has 1 atom stereocenters. The maximum absolute atomic E-state index is 13.7. The zero-order valence-electron chi connectivity index (χ0n) is 14.7. The smallest absolute Gasteiger partial charge is 0.123 e. The third-order valence-electron chi connectivity index (χ3n) is 4.84. The molecule has 0 saturated carbocycles. The molecule has 25 heavy (non-hydrogen) atoms. The van der Waals surface area contributed by atoms with Gasteiger partial charge in [-0.3, -0.25) is 9.88 Å². The second-order valence-electron chi connectivity index (χ2n) is 6.63. The third kappa shape index (κ3) is 5.77. The molecule has 3 nitrogen and oxygen atoms in total. The molecule has 1 aromatic carbocycles. The number of nitrogens with zero attached hydrogens (tertiary/aromatic N) is 2. The van der Waals surface area contributed by atoms with Gasteiger partial charge >= 0.3 is 0 Å². The van der Waals surface area contributed by atoms with Gasteiger partial charge in [-0.2, -0.15) is 0 Å². The van der Waals surface area contributed by atoms with E-state index >= 15 is 0 Å². The van der Waals surface area contributed by atoms with Gasteiger partial charge in [-0.15, -0.1) is 12.4 Å². The van der Waals surface area contributed by atoms with Crippen molar-refractivity contribution in [3.8, 4) is 0 Å². The van der Waals surface area contributed by atoms with Crippen LogP contribution in [0.2, 0.25) is 0 Å². The van der Waals surface area contributed by atoms with Crippen LogP contribution in [0.1, 0.15) is 36.1 Å². The summed E-state index contributed by atoms with van der Waals surface area (Å²) in [6, 6.07) is 11.6. The van der Waals surface area contributed by atoms with Crippen molar-refractivity contribution in [1.29, 1.82) is 0 Å². The van der Waals surface area contributed by atoms with Gasteiger partial charge in [0.05, 0.1) is 5.69 Å². The van der Waals surface area contributed by atoms with Gasteiger partial charge in [0.25, 0.3) is 0 Å². The van der Waals surface area contributed by atoms with Crippen LogP contribution in [0, 0.1) is 12.7 Å². The summed E-state index contributed by atoms with van der Waals surface area (Å²) in [7, 11) is 0. The van der Waals surface area contributed by atoms with E-state index in [0.29, 0.717) is 6.04 Å². The number of hydrogen-bond acceptors (Lipinski definition) is 3. The Kier molecular flexibility index (Phi) is 7.82. The standard InChI is InChI=1S/C20H26FN3.ClH/c1-16-7-8-18(21)13-17(16)14-24(15-19-5-2-3-11-23-19)20-6-4-10-22-12-9-20;/h2-3,5,7-8,11,13,20,22H,4,6,9-10,12,14-15H2,1H3;1H. The molecule has 0 spiro atoms. The fourth-order valence-electron chi connectivity index (χ4n) is 3.41. The summed E-state index contributed by atoms with van der Waals surface area (Å²) in [4.78, 5) is 6.96. The molecule has 2 aromatic rings. The van der Waals surface area contributed by atoms with Gasteiger partial charge < -0.3 is 5.32 Å². The molecule has 1 fully saturated rings. The maximum Gasteiger partial charge on any atom is 0.123 e. The molecular weight excluding hydrogens is 337 g/mol. The normalized spacial score (nSPS) is 17.8. The summed E-state index contributed by atoms with van der Waals surface area (Å²) < 4.78 is 13.7. The van der Waals surface area contributed by atoms with Crippen molar-refractivity contribution in [2.75, 3.05) is 13.1 Å². The first-order valence-corrected chi connectivity index (χ1v) is 8.82. The highest BCUT2D eigenvalue weighted by Crippen LogP contribution is 2.21. The van der Waals surface area contributed by atoms with Gasteiger partial charge in [0.1, 0.15) is 5.82 Å². The lowest BCUT2D eigenvalue weighted by molar-refractivity contribution is 0.162. The molecule has 2 heterocycles. The van der Waals surface area contributed by atoms with E-state index in [9.17, 15) is 4.39 Å². The van der Waals surface area contributed by atoms with Crippen molar-refractivity contribution in [1.82, 2.24) is 15.2 Å². The van der Waals surface area contributed by atoms with E-state index in [2.05, 4.69) is 28.2 Å². The Hall–Kier alpha value is -1.49. The molecule has 1 unspecified atom stereocenters. The molecule has 1 aliphatic heterocycles. The van der Waals surface area contributed by atoms with Crippen LogP contribution in [0.25, 0.3) is 0 Å². The third-order valence-corrected chi connectivity index (χ3v) is 4.84. The Balaban J connectivity index is 0.00000225. The van der Waals surface area contributed by atoms with Crippen LogP contribution < -0.4 is 5.32 Å². The number of rotatable bonds is 5. The first-order chi connectivity index (χ1) is 11.7. The number of pyridine rings is 1. The van der Waals surface area contributed by atoms with Crippen LogP contribution in [0.4, 0.5) is 4.39 Å². The Labute approximate surface area is 156 Å². The Bertz CT molecular complexity index is 643. The molecule has 3 rings (SSSR count). The van der Waals surface area contributed by atoms with Gasteiger partial charge in [0.15, 0.2) is 0 Å². The van der Waals surface area contributed by atoms with E-state index in [1.165, 1.54) is 18.9 Å². The summed E-state index contributed by atoms with van der Waals surface area (Å²) in [5.41, 5.74) is 3.29. The molecule has 136 valence electrons. The minimum absolute atomic E-state index is 0. The van der Waals surface area contributed by atoms with Crippen LogP contribution in [0.15, 0.2) is 42.6 Å². The number of halogens is 2. The molecule has 0 bridgehead atoms. The van der Waals surface area contributed by atoms with Crippen LogP contribution in [0.5, 0.6) is 0 Å². The first kappa shape index (κ1) is 19.8. The van der Waals surface area contributed by atoms with Crippen molar-refractivity contribution < 1.29 is 4.39 Å². The Morgan fingerprint density at radius 3 is 2.84 bits per heavy atom. The van der Waals surface area contributed by atoms with Gasteiger partial charge in [-0.1, -0.05) is 12.1 Å². The van der Waals surface area contributed by atoms with Gasteiger partial charge in [0, 0.05) is 25.3 Å². The van der Waals surface area contributed by atoms with Crippen LogP contribution >= 0.6 is 12.4 Å². The molecule has 5 heteroatoms. The minimum atomic E-state index is -0.157. The lowest BCUT2D eigenvalue weighted by Crippen LogP contribution is -2.35. The van der Waals surface area contributed by atoms with Crippen molar-refractivity contribution in [2.45, 2.75) is 45.3 Å². The monoisotopic (exact) mass is 363 g/mol. The van der Waals surface area contributed by atoms with E-state index < -0.39 is 0 Å². The zero-order valence-corrected chi connectivity index (χ0v) is 15.6. The summed E-state index contributed by atoms with van der Waals surface area (Å²) in [5.74, 6) is -0.157. The molecular formula is C20H27ClFN3. The SMILES string of the molecule is Cc1ccc(F)cc1CN(Cc1ccccn1)C1CCCNCC1.Cl. The van der Waals surface area contributed by atoms with Crippen LogP contribution in [-0.2, 0) is 13.1 Å². The first-order valence-electron chi connectivity index (χ1n) is 8.82. The molecule has 1 aliphatic rings. The topological polar surface area (TPSA) is 28.2 Å². The lowest BCUT2D eigenvalue weighted by atomic mass is 10.0. The number of hydrogen-bond donors (Lipinski definition) is 1. The summed E-state index contributed by atoms with van der Waals surface area (Å²) in [5, 5.41) is 3.48. The molecule has 1 aromatic heterocycles. The van der Waals surface area contributed by atoms with E-state index in [1.54, 1.807) is 6.07 Å². The van der Waals surface area contributed by atoms with E-state index in [0.717, 1.165) is 49.4 Å². The van der Waals surface area contributed by atoms with Gasteiger partial charge in [-0.25, -0.2) is 4.39 Å². The quantitative estimate of drug-likeness (QED) is 0.867. The summed E-state index contributed by atoms with van der Waals surface area (Å²) in [6.45, 7) is 5.77. The summed E-state index contributed by atoms with van der Waals surface area (Å²) in [6.07, 6.45) is 5.33. The predicted molar refractivity (Wildman–Crippen MR) is 102 cm³/mol. The number of nitrogens with one attached hydrogen (secondary N) is 1. The minimum Gasteiger partial charge on any atom is -0.317 e. The highest BCUT2D eigenvalue weighted by molar-refractivity contribution is 5.85. The zero-order chi connectivity index (χ0) is 16.8. The summed E-state index contributed by atoms with van der Waals surface area (Å²) >= 11 is 0. The van der Waals surface area contributed by atoms with Crippen LogP contribution in [0.3, 0.4) is 0 Å². The van der Waals surface area contributed by atoms with Gasteiger partial charge in [0.2, 0.25) is 0 Å². The second-order valence-corrected chi connectivity index (χ2v) is 6.63. The Morgan fingerprint density at radius 2 is 2.04 bits per heavy atom. The van der Waals surface area contributed by atoms with Crippen molar-refractivity contribution >= 4 is 12.4 Å². The highest BCUT2D eigenvalue weighted by Gasteiger charge is 2.21. The number of benzene rings is 1.